The van der Waals surface area contributed by atoms with E-state index < -0.39 is 0 Å². The molecule has 1 aliphatic heterocycles. The van der Waals surface area contributed by atoms with Gasteiger partial charge in [-0.15, -0.1) is 0 Å². The molecule has 1 aromatic heterocycles. The van der Waals surface area contributed by atoms with Gasteiger partial charge in [0.25, 0.3) is 0 Å². The highest BCUT2D eigenvalue weighted by molar-refractivity contribution is 6.30. The summed E-state index contributed by atoms with van der Waals surface area (Å²) in [4.78, 5) is 6.53. The van der Waals surface area contributed by atoms with Gasteiger partial charge in [0.05, 0.1) is 12.2 Å². The Labute approximate surface area is 95.0 Å². The Kier molecular flexibility index (Phi) is 3.12. The highest BCUT2D eigenvalue weighted by Gasteiger charge is 2.22. The molecule has 1 saturated heterocycles. The van der Waals surface area contributed by atoms with E-state index in [2.05, 4.69) is 23.7 Å². The van der Waals surface area contributed by atoms with Crippen LogP contribution < -0.4 is 4.90 Å². The number of anilines is 1. The molecule has 0 saturated carbocycles. The van der Waals surface area contributed by atoms with Gasteiger partial charge in [-0.05, 0) is 26.0 Å². The number of pyridine rings is 1. The standard InChI is InChI=1S/C11H15ClN2O/c1-8-6-14(7-9(2)15-8)11-5-10(12)3-4-13-11/h3-5,8-9H,6-7H2,1-2H3/t8-,9+. The molecule has 2 heterocycles. The molecule has 1 aromatic rings. The maximum atomic E-state index is 5.94. The molecule has 3 nitrogen and oxygen atoms in total. The van der Waals surface area contributed by atoms with Crippen molar-refractivity contribution in [2.45, 2.75) is 26.1 Å². The van der Waals surface area contributed by atoms with Crippen LogP contribution in [0.25, 0.3) is 0 Å². The van der Waals surface area contributed by atoms with Crippen LogP contribution in [0.4, 0.5) is 5.82 Å². The monoisotopic (exact) mass is 226 g/mol. The molecular weight excluding hydrogens is 212 g/mol. The van der Waals surface area contributed by atoms with Crippen LogP contribution in [0.3, 0.4) is 0 Å². The summed E-state index contributed by atoms with van der Waals surface area (Å²) in [5, 5.41) is 0.729. The number of nitrogens with zero attached hydrogens (tertiary/aromatic N) is 2. The van der Waals surface area contributed by atoms with E-state index in [1.165, 1.54) is 0 Å². The number of halogens is 1. The van der Waals surface area contributed by atoms with Gasteiger partial charge in [-0.25, -0.2) is 4.98 Å². The van der Waals surface area contributed by atoms with Crippen LogP contribution in [-0.2, 0) is 4.74 Å². The van der Waals surface area contributed by atoms with E-state index >= 15 is 0 Å². The second-order valence-corrected chi connectivity index (χ2v) is 4.43. The SMILES string of the molecule is C[C@@H]1CN(c2cc(Cl)ccn2)C[C@H](C)O1. The summed E-state index contributed by atoms with van der Waals surface area (Å²) < 4.78 is 5.67. The lowest BCUT2D eigenvalue weighted by molar-refractivity contribution is -0.00545. The molecule has 0 spiro atoms. The minimum absolute atomic E-state index is 0.245. The van der Waals surface area contributed by atoms with Crippen LogP contribution in [0.1, 0.15) is 13.8 Å². The summed E-state index contributed by atoms with van der Waals surface area (Å²) in [7, 11) is 0. The van der Waals surface area contributed by atoms with E-state index in [4.69, 9.17) is 16.3 Å². The van der Waals surface area contributed by atoms with Crippen LogP contribution in [0.15, 0.2) is 18.3 Å². The predicted octanol–water partition coefficient (Wildman–Crippen LogP) is 2.35. The zero-order valence-electron chi connectivity index (χ0n) is 8.98. The van der Waals surface area contributed by atoms with E-state index in [-0.39, 0.29) is 12.2 Å². The maximum Gasteiger partial charge on any atom is 0.130 e. The van der Waals surface area contributed by atoms with Gasteiger partial charge < -0.3 is 9.64 Å². The highest BCUT2D eigenvalue weighted by Crippen LogP contribution is 2.20. The Balaban J connectivity index is 2.16. The van der Waals surface area contributed by atoms with Crippen molar-refractivity contribution in [1.82, 2.24) is 4.98 Å². The molecule has 1 aliphatic rings. The van der Waals surface area contributed by atoms with Crippen LogP contribution in [0.5, 0.6) is 0 Å². The molecular formula is C11H15ClN2O. The smallest absolute Gasteiger partial charge is 0.130 e. The van der Waals surface area contributed by atoms with Crippen molar-refractivity contribution in [3.8, 4) is 0 Å². The van der Waals surface area contributed by atoms with Crippen LogP contribution in [-0.4, -0.2) is 30.3 Å². The molecule has 0 amide bonds. The van der Waals surface area contributed by atoms with Gasteiger partial charge in [-0.2, -0.15) is 0 Å². The first kappa shape index (κ1) is 10.7. The molecule has 0 aromatic carbocycles. The second kappa shape index (κ2) is 4.37. The van der Waals surface area contributed by atoms with Crippen LogP contribution in [0.2, 0.25) is 5.02 Å². The van der Waals surface area contributed by atoms with Crippen molar-refractivity contribution >= 4 is 17.4 Å². The Morgan fingerprint density at radius 3 is 2.67 bits per heavy atom. The normalized spacial score (nSPS) is 26.7. The third kappa shape index (κ3) is 2.61. The fraction of sp³-hybridized carbons (Fsp3) is 0.545. The number of ether oxygens (including phenoxy) is 1. The van der Waals surface area contributed by atoms with Crippen molar-refractivity contribution in [3.63, 3.8) is 0 Å². The molecule has 1 fully saturated rings. The van der Waals surface area contributed by atoms with Gasteiger partial charge >= 0.3 is 0 Å². The minimum Gasteiger partial charge on any atom is -0.372 e. The molecule has 2 rings (SSSR count). The average molecular weight is 227 g/mol. The third-order valence-corrected chi connectivity index (χ3v) is 2.69. The molecule has 0 unspecified atom stereocenters. The van der Waals surface area contributed by atoms with Crippen molar-refractivity contribution in [2.75, 3.05) is 18.0 Å². The van der Waals surface area contributed by atoms with E-state index in [0.717, 1.165) is 23.9 Å². The molecule has 0 aliphatic carbocycles. The van der Waals surface area contributed by atoms with Crippen molar-refractivity contribution in [3.05, 3.63) is 23.4 Å². The first-order valence-electron chi connectivity index (χ1n) is 5.17. The fourth-order valence-corrected chi connectivity index (χ4v) is 2.09. The Morgan fingerprint density at radius 2 is 2.07 bits per heavy atom. The van der Waals surface area contributed by atoms with Gasteiger partial charge in [0.2, 0.25) is 0 Å². The fourth-order valence-electron chi connectivity index (χ4n) is 1.93. The predicted molar refractivity (Wildman–Crippen MR) is 61.5 cm³/mol. The second-order valence-electron chi connectivity index (χ2n) is 3.99. The van der Waals surface area contributed by atoms with Crippen molar-refractivity contribution in [1.29, 1.82) is 0 Å². The topological polar surface area (TPSA) is 25.4 Å². The number of hydrogen-bond acceptors (Lipinski definition) is 3. The summed E-state index contributed by atoms with van der Waals surface area (Å²) >= 11 is 5.94. The summed E-state index contributed by atoms with van der Waals surface area (Å²) in [6, 6.07) is 3.69. The molecule has 4 heteroatoms. The summed E-state index contributed by atoms with van der Waals surface area (Å²) in [5.74, 6) is 0.935. The van der Waals surface area contributed by atoms with Crippen LogP contribution >= 0.6 is 11.6 Å². The molecule has 15 heavy (non-hydrogen) atoms. The number of rotatable bonds is 1. The maximum absolute atomic E-state index is 5.94. The molecule has 0 bridgehead atoms. The first-order chi connectivity index (χ1) is 7.15. The average Bonchev–Trinajstić information content (AvgIpc) is 2.16. The Bertz CT molecular complexity index is 335. The lowest BCUT2D eigenvalue weighted by Crippen LogP contribution is -2.45. The van der Waals surface area contributed by atoms with Gasteiger partial charge in [0.1, 0.15) is 5.82 Å². The minimum atomic E-state index is 0.245. The Hall–Kier alpha value is -0.800. The van der Waals surface area contributed by atoms with Gasteiger partial charge in [-0.1, -0.05) is 11.6 Å². The lowest BCUT2D eigenvalue weighted by atomic mass is 10.2. The molecule has 0 N–H and O–H groups in total. The largest absolute Gasteiger partial charge is 0.372 e. The molecule has 82 valence electrons. The Morgan fingerprint density at radius 1 is 1.40 bits per heavy atom. The zero-order chi connectivity index (χ0) is 10.8. The molecule has 0 radical (unpaired) electrons. The summed E-state index contributed by atoms with van der Waals surface area (Å²) in [6.45, 7) is 5.90. The lowest BCUT2D eigenvalue weighted by Gasteiger charge is -2.36. The van der Waals surface area contributed by atoms with Crippen molar-refractivity contribution in [2.24, 2.45) is 0 Å². The quantitative estimate of drug-likeness (QED) is 0.735. The van der Waals surface area contributed by atoms with E-state index in [0.29, 0.717) is 0 Å². The van der Waals surface area contributed by atoms with Gasteiger partial charge in [0, 0.05) is 24.3 Å². The number of morpholine rings is 1. The van der Waals surface area contributed by atoms with Crippen molar-refractivity contribution < 1.29 is 4.74 Å². The van der Waals surface area contributed by atoms with Gasteiger partial charge in [-0.3, -0.25) is 0 Å². The summed E-state index contributed by atoms with van der Waals surface area (Å²) in [5.41, 5.74) is 0. The molecule has 2 atom stereocenters. The highest BCUT2D eigenvalue weighted by atomic mass is 35.5. The van der Waals surface area contributed by atoms with E-state index in [1.54, 1.807) is 12.3 Å². The van der Waals surface area contributed by atoms with E-state index in [9.17, 15) is 0 Å². The van der Waals surface area contributed by atoms with Crippen LogP contribution in [0, 0.1) is 0 Å². The van der Waals surface area contributed by atoms with E-state index in [1.807, 2.05) is 6.07 Å². The summed E-state index contributed by atoms with van der Waals surface area (Å²) in [6.07, 6.45) is 2.23. The number of aromatic nitrogens is 1. The zero-order valence-corrected chi connectivity index (χ0v) is 9.74. The third-order valence-electron chi connectivity index (χ3n) is 2.45. The number of hydrogen-bond donors (Lipinski definition) is 0. The first-order valence-corrected chi connectivity index (χ1v) is 5.55. The van der Waals surface area contributed by atoms with Gasteiger partial charge in [0.15, 0.2) is 0 Å².